The summed E-state index contributed by atoms with van der Waals surface area (Å²) in [6.45, 7) is 0. The minimum absolute atomic E-state index is 0.0387. The van der Waals surface area contributed by atoms with Crippen molar-refractivity contribution in [3.05, 3.63) is 64.7 Å². The van der Waals surface area contributed by atoms with Gasteiger partial charge < -0.3 is 0 Å². The second-order valence-corrected chi connectivity index (χ2v) is 6.86. The summed E-state index contributed by atoms with van der Waals surface area (Å²) in [6, 6.07) is 13.4. The lowest BCUT2D eigenvalue weighted by Gasteiger charge is -2.05. The quantitative estimate of drug-likeness (QED) is 0.860. The third-order valence-corrected chi connectivity index (χ3v) is 3.65. The van der Waals surface area contributed by atoms with Crippen molar-refractivity contribution >= 4 is 33.1 Å². The van der Waals surface area contributed by atoms with Gasteiger partial charge in [0.15, 0.2) is 5.78 Å². The van der Waals surface area contributed by atoms with Gasteiger partial charge in [0, 0.05) is 22.7 Å². The number of halogens is 1. The van der Waals surface area contributed by atoms with Gasteiger partial charge in [-0.05, 0) is 42.0 Å². The number of hydrogen-bond acceptors (Lipinski definition) is 3. The van der Waals surface area contributed by atoms with Gasteiger partial charge in [0.2, 0.25) is 10.0 Å². The molecule has 1 N–H and O–H groups in total. The van der Waals surface area contributed by atoms with Crippen molar-refractivity contribution in [3.63, 3.8) is 0 Å². The highest BCUT2D eigenvalue weighted by atomic mass is 35.5. The van der Waals surface area contributed by atoms with Gasteiger partial charge in [-0.2, -0.15) is 0 Å². The molecule has 0 atom stereocenters. The molecule has 0 fully saturated rings. The van der Waals surface area contributed by atoms with E-state index in [-0.39, 0.29) is 12.2 Å². The normalized spacial score (nSPS) is 11.1. The summed E-state index contributed by atoms with van der Waals surface area (Å²) < 4.78 is 24.5. The van der Waals surface area contributed by atoms with Crippen LogP contribution in [0.4, 0.5) is 5.69 Å². The molecule has 0 unspecified atom stereocenters. The minimum Gasteiger partial charge on any atom is -0.294 e. The van der Waals surface area contributed by atoms with Gasteiger partial charge in [-0.3, -0.25) is 9.52 Å². The van der Waals surface area contributed by atoms with E-state index in [2.05, 4.69) is 4.72 Å². The van der Waals surface area contributed by atoms with Crippen LogP contribution in [-0.2, 0) is 16.4 Å². The standard InChI is InChI=1S/C15H14ClNO3S/c1-21(19,20)17-14-8-4-12(5-9-14)15(18)10-11-2-6-13(16)7-3-11/h2-9,17H,10H2,1H3. The van der Waals surface area contributed by atoms with Crippen LogP contribution < -0.4 is 4.72 Å². The van der Waals surface area contributed by atoms with E-state index in [0.717, 1.165) is 11.8 Å². The van der Waals surface area contributed by atoms with Crippen LogP contribution in [0.15, 0.2) is 48.5 Å². The number of carbonyl (C=O) groups is 1. The Bertz CT molecular complexity index is 737. The molecule has 2 rings (SSSR count). The van der Waals surface area contributed by atoms with E-state index in [0.29, 0.717) is 16.3 Å². The number of nitrogens with one attached hydrogen (secondary N) is 1. The van der Waals surface area contributed by atoms with Gasteiger partial charge in [-0.1, -0.05) is 23.7 Å². The molecular weight excluding hydrogens is 310 g/mol. The van der Waals surface area contributed by atoms with Gasteiger partial charge in [0.1, 0.15) is 0 Å². The molecule has 0 aromatic heterocycles. The number of rotatable bonds is 5. The van der Waals surface area contributed by atoms with E-state index in [1.165, 1.54) is 0 Å². The van der Waals surface area contributed by atoms with Crippen LogP contribution in [0, 0.1) is 0 Å². The van der Waals surface area contributed by atoms with Gasteiger partial charge in [0.05, 0.1) is 6.26 Å². The Balaban J connectivity index is 2.08. The van der Waals surface area contributed by atoms with Crippen LogP contribution in [-0.4, -0.2) is 20.5 Å². The predicted octanol–water partition coefficient (Wildman–Crippen LogP) is 3.14. The smallest absolute Gasteiger partial charge is 0.229 e. The SMILES string of the molecule is CS(=O)(=O)Nc1ccc(C(=O)Cc2ccc(Cl)cc2)cc1. The van der Waals surface area contributed by atoms with E-state index in [1.807, 2.05) is 0 Å². The molecule has 0 radical (unpaired) electrons. The van der Waals surface area contributed by atoms with Crippen molar-refractivity contribution in [2.75, 3.05) is 11.0 Å². The monoisotopic (exact) mass is 323 g/mol. The first-order chi connectivity index (χ1) is 9.83. The first kappa shape index (κ1) is 15.5. The second kappa shape index (κ2) is 6.28. The Hall–Kier alpha value is -1.85. The first-order valence-corrected chi connectivity index (χ1v) is 8.46. The van der Waals surface area contributed by atoms with Gasteiger partial charge >= 0.3 is 0 Å². The molecule has 4 nitrogen and oxygen atoms in total. The number of ketones is 1. The fourth-order valence-corrected chi connectivity index (χ4v) is 2.52. The van der Waals surface area contributed by atoms with E-state index in [9.17, 15) is 13.2 Å². The van der Waals surface area contributed by atoms with Crippen LogP contribution in [0.5, 0.6) is 0 Å². The molecule has 0 saturated heterocycles. The van der Waals surface area contributed by atoms with Crippen LogP contribution in [0.1, 0.15) is 15.9 Å². The Morgan fingerprint density at radius 3 is 2.14 bits per heavy atom. The molecule has 0 spiro atoms. The van der Waals surface area contributed by atoms with E-state index < -0.39 is 10.0 Å². The summed E-state index contributed by atoms with van der Waals surface area (Å²) in [5, 5.41) is 0.627. The highest BCUT2D eigenvalue weighted by Gasteiger charge is 2.08. The summed E-state index contributed by atoms with van der Waals surface area (Å²) in [5.74, 6) is -0.0387. The summed E-state index contributed by atoms with van der Waals surface area (Å²) in [6.07, 6.45) is 1.35. The van der Waals surface area contributed by atoms with E-state index in [1.54, 1.807) is 48.5 Å². The largest absolute Gasteiger partial charge is 0.294 e. The lowest BCUT2D eigenvalue weighted by Crippen LogP contribution is -2.10. The van der Waals surface area contributed by atoms with Gasteiger partial charge in [-0.25, -0.2) is 8.42 Å². The molecule has 0 saturated carbocycles. The minimum atomic E-state index is -3.31. The summed E-state index contributed by atoms with van der Waals surface area (Å²) in [5.41, 5.74) is 1.84. The van der Waals surface area contributed by atoms with Crippen molar-refractivity contribution in [3.8, 4) is 0 Å². The maximum absolute atomic E-state index is 12.1. The highest BCUT2D eigenvalue weighted by Crippen LogP contribution is 2.15. The zero-order valence-corrected chi connectivity index (χ0v) is 12.9. The fourth-order valence-electron chi connectivity index (χ4n) is 1.83. The van der Waals surface area contributed by atoms with Gasteiger partial charge in [-0.15, -0.1) is 0 Å². The van der Waals surface area contributed by atoms with Crippen molar-refractivity contribution < 1.29 is 13.2 Å². The number of carbonyl (C=O) groups excluding carboxylic acids is 1. The van der Waals surface area contributed by atoms with Crippen molar-refractivity contribution in [1.29, 1.82) is 0 Å². The number of sulfonamides is 1. The van der Waals surface area contributed by atoms with Crippen LogP contribution in [0.3, 0.4) is 0 Å². The summed E-state index contributed by atoms with van der Waals surface area (Å²) in [4.78, 5) is 12.1. The average molecular weight is 324 g/mol. The Kier molecular flexibility index (Phi) is 4.65. The summed E-state index contributed by atoms with van der Waals surface area (Å²) >= 11 is 5.79. The molecular formula is C15H14ClNO3S. The lowest BCUT2D eigenvalue weighted by atomic mass is 10.0. The molecule has 21 heavy (non-hydrogen) atoms. The average Bonchev–Trinajstić information content (AvgIpc) is 2.40. The molecule has 0 aliphatic rings. The Morgan fingerprint density at radius 1 is 1.05 bits per heavy atom. The van der Waals surface area contributed by atoms with Crippen LogP contribution in [0.25, 0.3) is 0 Å². The van der Waals surface area contributed by atoms with E-state index >= 15 is 0 Å². The van der Waals surface area contributed by atoms with Crippen LogP contribution in [0.2, 0.25) is 5.02 Å². The topological polar surface area (TPSA) is 63.2 Å². The zero-order valence-electron chi connectivity index (χ0n) is 11.3. The maximum Gasteiger partial charge on any atom is 0.229 e. The highest BCUT2D eigenvalue weighted by molar-refractivity contribution is 7.92. The zero-order chi connectivity index (χ0) is 15.5. The number of anilines is 1. The third-order valence-electron chi connectivity index (χ3n) is 2.79. The lowest BCUT2D eigenvalue weighted by molar-refractivity contribution is 0.0993. The van der Waals surface area contributed by atoms with E-state index in [4.69, 9.17) is 11.6 Å². The molecule has 110 valence electrons. The van der Waals surface area contributed by atoms with Crippen molar-refractivity contribution in [1.82, 2.24) is 0 Å². The molecule has 2 aromatic rings. The molecule has 0 heterocycles. The molecule has 2 aromatic carbocycles. The molecule has 0 aliphatic heterocycles. The predicted molar refractivity (Wildman–Crippen MR) is 84.4 cm³/mol. The van der Waals surface area contributed by atoms with Crippen molar-refractivity contribution in [2.45, 2.75) is 6.42 Å². The first-order valence-electron chi connectivity index (χ1n) is 6.19. The molecule has 0 aliphatic carbocycles. The van der Waals surface area contributed by atoms with Crippen LogP contribution >= 0.6 is 11.6 Å². The molecule has 0 bridgehead atoms. The van der Waals surface area contributed by atoms with Crippen molar-refractivity contribution in [2.24, 2.45) is 0 Å². The Labute approximate surface area is 128 Å². The number of Topliss-reactive ketones (excluding diaryl/α,β-unsaturated/α-hetero) is 1. The maximum atomic E-state index is 12.1. The number of benzene rings is 2. The molecule has 0 amide bonds. The summed E-state index contributed by atoms with van der Waals surface area (Å²) in [7, 11) is -3.31. The van der Waals surface area contributed by atoms with Gasteiger partial charge in [0.25, 0.3) is 0 Å². The number of hydrogen-bond donors (Lipinski definition) is 1. The second-order valence-electron chi connectivity index (χ2n) is 4.68. The fraction of sp³-hybridized carbons (Fsp3) is 0.133. The molecule has 6 heteroatoms. The third kappa shape index (κ3) is 4.88. The Morgan fingerprint density at radius 2 is 1.62 bits per heavy atom.